The standard InChI is InChI=1S/C21H40O/c1-5-6-7-8-9-10-11-12-13-17-21(22)18-20(4)16-14-15-19(2)3/h5,15,20-22H,1,6-14,16-18H2,2-4H3. The van der Waals surface area contributed by atoms with Crippen molar-refractivity contribution in [3.63, 3.8) is 0 Å². The topological polar surface area (TPSA) is 20.2 Å². The average Bonchev–Trinajstić information content (AvgIpc) is 2.45. The van der Waals surface area contributed by atoms with Crippen LogP contribution in [-0.2, 0) is 0 Å². The van der Waals surface area contributed by atoms with Crippen LogP contribution in [0.5, 0.6) is 0 Å². The van der Waals surface area contributed by atoms with Crippen LogP contribution >= 0.6 is 0 Å². The Bertz CT molecular complexity index is 276. The maximum atomic E-state index is 10.1. The number of unbranched alkanes of at least 4 members (excludes halogenated alkanes) is 7. The lowest BCUT2D eigenvalue weighted by Crippen LogP contribution is -2.11. The Hall–Kier alpha value is -0.560. The highest BCUT2D eigenvalue weighted by Gasteiger charge is 2.09. The second kappa shape index (κ2) is 15.3. The second-order valence-electron chi connectivity index (χ2n) is 7.19. The third kappa shape index (κ3) is 15.8. The van der Waals surface area contributed by atoms with E-state index in [0.29, 0.717) is 5.92 Å². The van der Waals surface area contributed by atoms with Gasteiger partial charge < -0.3 is 5.11 Å². The molecule has 0 spiro atoms. The van der Waals surface area contributed by atoms with Crippen LogP contribution in [0.15, 0.2) is 24.3 Å². The van der Waals surface area contributed by atoms with Crippen molar-refractivity contribution in [2.75, 3.05) is 0 Å². The first kappa shape index (κ1) is 21.4. The molecule has 0 bridgehead atoms. The largest absolute Gasteiger partial charge is 0.393 e. The third-order valence-electron chi connectivity index (χ3n) is 4.33. The van der Waals surface area contributed by atoms with E-state index in [2.05, 4.69) is 33.4 Å². The van der Waals surface area contributed by atoms with Gasteiger partial charge in [-0.3, -0.25) is 0 Å². The fourth-order valence-corrected chi connectivity index (χ4v) is 2.91. The lowest BCUT2D eigenvalue weighted by atomic mass is 9.95. The molecule has 0 radical (unpaired) electrons. The molecular weight excluding hydrogens is 268 g/mol. The van der Waals surface area contributed by atoms with Crippen LogP contribution in [-0.4, -0.2) is 11.2 Å². The maximum Gasteiger partial charge on any atom is 0.0542 e. The number of allylic oxidation sites excluding steroid dienone is 3. The van der Waals surface area contributed by atoms with E-state index in [4.69, 9.17) is 0 Å². The molecule has 0 fully saturated rings. The summed E-state index contributed by atoms with van der Waals surface area (Å²) in [4.78, 5) is 0. The first-order valence-corrected chi connectivity index (χ1v) is 9.48. The highest BCUT2D eigenvalue weighted by atomic mass is 16.3. The summed E-state index contributed by atoms with van der Waals surface area (Å²) < 4.78 is 0. The van der Waals surface area contributed by atoms with Gasteiger partial charge in [-0.25, -0.2) is 0 Å². The molecule has 0 saturated carbocycles. The Labute approximate surface area is 139 Å². The molecule has 1 heteroatoms. The molecule has 1 N–H and O–H groups in total. The quantitative estimate of drug-likeness (QED) is 0.260. The summed E-state index contributed by atoms with van der Waals surface area (Å²) in [5.74, 6) is 0.635. The first-order valence-electron chi connectivity index (χ1n) is 9.48. The number of aliphatic hydroxyl groups excluding tert-OH is 1. The highest BCUT2D eigenvalue weighted by molar-refractivity contribution is 4.92. The lowest BCUT2D eigenvalue weighted by Gasteiger charge is -2.15. The van der Waals surface area contributed by atoms with E-state index in [1.54, 1.807) is 0 Å². The fourth-order valence-electron chi connectivity index (χ4n) is 2.91. The van der Waals surface area contributed by atoms with E-state index >= 15 is 0 Å². The van der Waals surface area contributed by atoms with Gasteiger partial charge in [0.25, 0.3) is 0 Å². The molecule has 0 aliphatic carbocycles. The zero-order valence-electron chi connectivity index (χ0n) is 15.4. The smallest absolute Gasteiger partial charge is 0.0542 e. The minimum Gasteiger partial charge on any atom is -0.393 e. The number of aliphatic hydroxyl groups is 1. The van der Waals surface area contributed by atoms with Crippen molar-refractivity contribution in [3.8, 4) is 0 Å². The molecule has 0 heterocycles. The van der Waals surface area contributed by atoms with Crippen LogP contribution in [0.2, 0.25) is 0 Å². The van der Waals surface area contributed by atoms with Crippen LogP contribution in [0.1, 0.15) is 97.8 Å². The molecule has 2 unspecified atom stereocenters. The molecule has 0 aliphatic rings. The van der Waals surface area contributed by atoms with Crippen LogP contribution in [0.25, 0.3) is 0 Å². The van der Waals surface area contributed by atoms with E-state index in [1.165, 1.54) is 56.9 Å². The first-order chi connectivity index (χ1) is 10.6. The Kier molecular flexibility index (Phi) is 14.9. The van der Waals surface area contributed by atoms with Crippen LogP contribution < -0.4 is 0 Å². The van der Waals surface area contributed by atoms with Gasteiger partial charge in [-0.15, -0.1) is 6.58 Å². The zero-order chi connectivity index (χ0) is 16.6. The van der Waals surface area contributed by atoms with Gasteiger partial charge in [0.1, 0.15) is 0 Å². The van der Waals surface area contributed by atoms with Crippen molar-refractivity contribution in [1.82, 2.24) is 0 Å². The molecule has 0 aromatic rings. The van der Waals surface area contributed by atoms with E-state index in [1.807, 2.05) is 6.08 Å². The minimum atomic E-state index is -0.0886. The van der Waals surface area contributed by atoms with Crippen molar-refractivity contribution in [2.24, 2.45) is 5.92 Å². The maximum absolute atomic E-state index is 10.1. The van der Waals surface area contributed by atoms with Gasteiger partial charge >= 0.3 is 0 Å². The van der Waals surface area contributed by atoms with Crippen molar-refractivity contribution in [2.45, 2.75) is 104 Å². The molecule has 1 nitrogen and oxygen atoms in total. The summed E-state index contributed by atoms with van der Waals surface area (Å²) in [5.41, 5.74) is 1.40. The Morgan fingerprint density at radius 1 is 0.909 bits per heavy atom. The second-order valence-corrected chi connectivity index (χ2v) is 7.19. The van der Waals surface area contributed by atoms with Crippen molar-refractivity contribution >= 4 is 0 Å². The summed E-state index contributed by atoms with van der Waals surface area (Å²) in [6.45, 7) is 10.3. The summed E-state index contributed by atoms with van der Waals surface area (Å²) in [7, 11) is 0. The molecule has 0 aromatic heterocycles. The number of hydrogen-bond acceptors (Lipinski definition) is 1. The van der Waals surface area contributed by atoms with Crippen molar-refractivity contribution < 1.29 is 5.11 Å². The van der Waals surface area contributed by atoms with Gasteiger partial charge in [-0.2, -0.15) is 0 Å². The molecular formula is C21H40O. The third-order valence-corrected chi connectivity index (χ3v) is 4.33. The number of hydrogen-bond donors (Lipinski definition) is 1. The van der Waals surface area contributed by atoms with E-state index in [0.717, 1.165) is 25.7 Å². The molecule has 130 valence electrons. The van der Waals surface area contributed by atoms with E-state index < -0.39 is 0 Å². The molecule has 22 heavy (non-hydrogen) atoms. The molecule has 2 atom stereocenters. The van der Waals surface area contributed by atoms with Gasteiger partial charge in [0, 0.05) is 0 Å². The van der Waals surface area contributed by atoms with Crippen LogP contribution in [0.3, 0.4) is 0 Å². The van der Waals surface area contributed by atoms with Gasteiger partial charge in [0.2, 0.25) is 0 Å². The molecule has 0 aliphatic heterocycles. The SMILES string of the molecule is C=CCCCCCCCCCC(O)CC(C)CCC=C(C)C. The summed E-state index contributed by atoms with van der Waals surface area (Å²) in [6.07, 6.45) is 18.9. The molecule has 0 aromatic carbocycles. The number of rotatable bonds is 15. The molecule has 0 amide bonds. The van der Waals surface area contributed by atoms with Gasteiger partial charge in [-0.05, 0) is 58.3 Å². The minimum absolute atomic E-state index is 0.0886. The summed E-state index contributed by atoms with van der Waals surface area (Å²) in [6, 6.07) is 0. The van der Waals surface area contributed by atoms with Crippen molar-refractivity contribution in [1.29, 1.82) is 0 Å². The summed E-state index contributed by atoms with van der Waals surface area (Å²) >= 11 is 0. The lowest BCUT2D eigenvalue weighted by molar-refractivity contribution is 0.131. The van der Waals surface area contributed by atoms with Crippen LogP contribution in [0.4, 0.5) is 0 Å². The Morgan fingerprint density at radius 3 is 2.09 bits per heavy atom. The fraction of sp³-hybridized carbons (Fsp3) is 0.810. The van der Waals surface area contributed by atoms with Crippen LogP contribution in [0, 0.1) is 5.92 Å². The predicted octanol–water partition coefficient (Wildman–Crippen LogP) is 6.82. The normalized spacial score (nSPS) is 13.6. The Morgan fingerprint density at radius 2 is 1.50 bits per heavy atom. The van der Waals surface area contributed by atoms with E-state index in [9.17, 15) is 5.11 Å². The van der Waals surface area contributed by atoms with E-state index in [-0.39, 0.29) is 6.10 Å². The highest BCUT2D eigenvalue weighted by Crippen LogP contribution is 2.18. The van der Waals surface area contributed by atoms with Gasteiger partial charge in [-0.1, -0.05) is 63.2 Å². The summed E-state index contributed by atoms with van der Waals surface area (Å²) in [5, 5.41) is 10.1. The molecule has 0 saturated heterocycles. The zero-order valence-corrected chi connectivity index (χ0v) is 15.4. The average molecular weight is 309 g/mol. The Balaban J connectivity index is 3.39. The van der Waals surface area contributed by atoms with Gasteiger partial charge in [0.05, 0.1) is 6.10 Å². The van der Waals surface area contributed by atoms with Crippen molar-refractivity contribution in [3.05, 3.63) is 24.3 Å². The molecule has 0 rings (SSSR count). The monoisotopic (exact) mass is 308 g/mol. The van der Waals surface area contributed by atoms with Gasteiger partial charge in [0.15, 0.2) is 0 Å². The predicted molar refractivity (Wildman–Crippen MR) is 100 cm³/mol.